The van der Waals surface area contributed by atoms with Crippen LogP contribution < -0.4 is 14.9 Å². The number of carbonyl (C=O) groups excluding carboxylic acids is 1. The Kier molecular flexibility index (Phi) is 6.88. The van der Waals surface area contributed by atoms with E-state index in [-0.39, 0.29) is 21.2 Å². The van der Waals surface area contributed by atoms with Gasteiger partial charge >= 0.3 is 0 Å². The number of nitrogens with zero attached hydrogens (tertiary/aromatic N) is 1. The van der Waals surface area contributed by atoms with E-state index in [0.717, 1.165) is 24.3 Å². The van der Waals surface area contributed by atoms with Crippen LogP contribution in [0.5, 0.6) is 0 Å². The van der Waals surface area contributed by atoms with E-state index in [2.05, 4.69) is 14.9 Å². The highest BCUT2D eigenvalue weighted by atomic mass is 35.5. The van der Waals surface area contributed by atoms with E-state index < -0.39 is 15.9 Å². The molecule has 0 aliphatic carbocycles. The lowest BCUT2D eigenvalue weighted by atomic mass is 10.1. The molecular weight excluding hydrogens is 462 g/mol. The molecule has 9 heteroatoms. The number of rotatable bonds is 6. The number of aryl methyl sites for hydroxylation is 1. The van der Waals surface area contributed by atoms with Crippen molar-refractivity contribution in [1.29, 1.82) is 0 Å². The van der Waals surface area contributed by atoms with Crippen LogP contribution in [0, 0.1) is 6.92 Å². The summed E-state index contributed by atoms with van der Waals surface area (Å²) in [6, 6.07) is 18.5. The van der Waals surface area contributed by atoms with Gasteiger partial charge in [0.25, 0.3) is 15.9 Å². The van der Waals surface area contributed by atoms with Crippen LogP contribution in [0.1, 0.15) is 15.9 Å². The van der Waals surface area contributed by atoms with Crippen molar-refractivity contribution in [2.75, 3.05) is 41.2 Å². The zero-order valence-electron chi connectivity index (χ0n) is 18.0. The first-order valence-electron chi connectivity index (χ1n) is 10.4. The van der Waals surface area contributed by atoms with Gasteiger partial charge in [0.05, 0.1) is 28.7 Å². The average Bonchev–Trinajstić information content (AvgIpc) is 2.81. The monoisotopic (exact) mass is 485 g/mol. The molecule has 0 aromatic heterocycles. The van der Waals surface area contributed by atoms with Crippen LogP contribution in [0.25, 0.3) is 0 Å². The molecule has 1 heterocycles. The number of ether oxygens (including phenoxy) is 1. The minimum Gasteiger partial charge on any atom is -0.378 e. The average molecular weight is 486 g/mol. The molecule has 1 aliphatic rings. The van der Waals surface area contributed by atoms with E-state index >= 15 is 0 Å². The molecule has 4 rings (SSSR count). The second-order valence-corrected chi connectivity index (χ2v) is 9.80. The van der Waals surface area contributed by atoms with Crippen molar-refractivity contribution in [3.63, 3.8) is 0 Å². The van der Waals surface area contributed by atoms with E-state index in [4.69, 9.17) is 16.3 Å². The fourth-order valence-electron chi connectivity index (χ4n) is 3.47. The molecule has 0 bridgehead atoms. The molecule has 3 aromatic carbocycles. The number of amides is 1. The molecule has 3 aromatic rings. The van der Waals surface area contributed by atoms with Gasteiger partial charge in [0, 0.05) is 30.2 Å². The van der Waals surface area contributed by atoms with Crippen LogP contribution in [0.4, 0.5) is 17.1 Å². The SMILES string of the molecule is Cc1ccc(S(=O)(=O)Nc2ccc(Cl)c(C(=O)Nc3ccc(N4CCOCC4)cc3)c2)cc1. The maximum atomic E-state index is 12.8. The first kappa shape index (κ1) is 23.1. The smallest absolute Gasteiger partial charge is 0.261 e. The Morgan fingerprint density at radius 2 is 1.58 bits per heavy atom. The molecule has 0 saturated carbocycles. The third-order valence-corrected chi connectivity index (χ3v) is 7.02. The summed E-state index contributed by atoms with van der Waals surface area (Å²) in [7, 11) is -3.80. The van der Waals surface area contributed by atoms with Crippen molar-refractivity contribution in [2.24, 2.45) is 0 Å². The summed E-state index contributed by atoms with van der Waals surface area (Å²) < 4.78 is 33.2. The molecule has 0 spiro atoms. The Morgan fingerprint density at radius 1 is 0.939 bits per heavy atom. The number of carbonyl (C=O) groups is 1. The Morgan fingerprint density at radius 3 is 2.24 bits per heavy atom. The maximum Gasteiger partial charge on any atom is 0.261 e. The van der Waals surface area contributed by atoms with Crippen molar-refractivity contribution in [1.82, 2.24) is 0 Å². The normalized spacial score (nSPS) is 14.1. The quantitative estimate of drug-likeness (QED) is 0.535. The molecular formula is C24H24ClN3O4S. The number of morpholine rings is 1. The highest BCUT2D eigenvalue weighted by molar-refractivity contribution is 7.92. The van der Waals surface area contributed by atoms with E-state index in [0.29, 0.717) is 18.9 Å². The summed E-state index contributed by atoms with van der Waals surface area (Å²) in [6.07, 6.45) is 0. The number of sulfonamides is 1. The minimum atomic E-state index is -3.80. The Hall–Kier alpha value is -3.07. The van der Waals surface area contributed by atoms with E-state index in [1.807, 2.05) is 31.2 Å². The number of benzene rings is 3. The minimum absolute atomic E-state index is 0.134. The third-order valence-electron chi connectivity index (χ3n) is 5.30. The van der Waals surface area contributed by atoms with Gasteiger partial charge in [-0.1, -0.05) is 29.3 Å². The van der Waals surface area contributed by atoms with E-state index in [1.54, 1.807) is 12.1 Å². The van der Waals surface area contributed by atoms with Gasteiger partial charge in [-0.25, -0.2) is 8.42 Å². The Balaban J connectivity index is 1.48. The summed E-state index contributed by atoms with van der Waals surface area (Å²) in [6.45, 7) is 4.92. The van der Waals surface area contributed by atoms with Crippen molar-refractivity contribution in [3.8, 4) is 0 Å². The summed E-state index contributed by atoms with van der Waals surface area (Å²) >= 11 is 6.23. The second kappa shape index (κ2) is 9.82. The van der Waals surface area contributed by atoms with Gasteiger partial charge < -0.3 is 15.0 Å². The van der Waals surface area contributed by atoms with Crippen molar-refractivity contribution in [3.05, 3.63) is 82.9 Å². The summed E-state index contributed by atoms with van der Waals surface area (Å²) in [5, 5.41) is 3.03. The fourth-order valence-corrected chi connectivity index (χ4v) is 4.72. The molecule has 0 atom stereocenters. The number of hydrogen-bond acceptors (Lipinski definition) is 5. The van der Waals surface area contributed by atoms with Gasteiger partial charge in [-0.3, -0.25) is 9.52 Å². The predicted octanol–water partition coefficient (Wildman–Crippen LogP) is 4.54. The van der Waals surface area contributed by atoms with Crippen molar-refractivity contribution >= 4 is 44.6 Å². The lowest BCUT2D eigenvalue weighted by Gasteiger charge is -2.28. The Bertz CT molecular complexity index is 1240. The fraction of sp³-hybridized carbons (Fsp3) is 0.208. The molecule has 33 heavy (non-hydrogen) atoms. The molecule has 2 N–H and O–H groups in total. The molecule has 1 aliphatic heterocycles. The van der Waals surface area contributed by atoms with E-state index in [1.165, 1.54) is 30.3 Å². The number of anilines is 3. The van der Waals surface area contributed by atoms with Gasteiger partial charge in [0.2, 0.25) is 0 Å². The highest BCUT2D eigenvalue weighted by Gasteiger charge is 2.17. The topological polar surface area (TPSA) is 87.7 Å². The highest BCUT2D eigenvalue weighted by Crippen LogP contribution is 2.25. The number of nitrogens with one attached hydrogen (secondary N) is 2. The lowest BCUT2D eigenvalue weighted by molar-refractivity contribution is 0.102. The number of halogens is 1. The third kappa shape index (κ3) is 5.65. The molecule has 172 valence electrons. The summed E-state index contributed by atoms with van der Waals surface area (Å²) in [4.78, 5) is 15.2. The van der Waals surface area contributed by atoms with E-state index in [9.17, 15) is 13.2 Å². The van der Waals surface area contributed by atoms with Crippen LogP contribution in [-0.4, -0.2) is 40.6 Å². The van der Waals surface area contributed by atoms with Crippen molar-refractivity contribution < 1.29 is 17.9 Å². The standard InChI is InChI=1S/C24H24ClN3O4S/c1-17-2-9-21(10-3-17)33(30,31)27-19-6-11-23(25)22(16-19)24(29)26-18-4-7-20(8-5-18)28-12-14-32-15-13-28/h2-11,16,27H,12-15H2,1H3,(H,26,29). The maximum absolute atomic E-state index is 12.8. The van der Waals surface area contributed by atoms with Crippen LogP contribution in [0.3, 0.4) is 0 Å². The van der Waals surface area contributed by atoms with Gasteiger partial charge in [0.1, 0.15) is 0 Å². The van der Waals surface area contributed by atoms with Crippen molar-refractivity contribution in [2.45, 2.75) is 11.8 Å². The number of hydrogen-bond donors (Lipinski definition) is 2. The van der Waals surface area contributed by atoms with Crippen LogP contribution >= 0.6 is 11.6 Å². The molecule has 1 fully saturated rings. The zero-order valence-corrected chi connectivity index (χ0v) is 19.6. The largest absolute Gasteiger partial charge is 0.378 e. The lowest BCUT2D eigenvalue weighted by Crippen LogP contribution is -2.36. The molecule has 0 unspecified atom stereocenters. The van der Waals surface area contributed by atoms with Crippen LogP contribution in [0.15, 0.2) is 71.6 Å². The van der Waals surface area contributed by atoms with Gasteiger partial charge in [0.15, 0.2) is 0 Å². The zero-order chi connectivity index (χ0) is 23.4. The van der Waals surface area contributed by atoms with Crippen LogP contribution in [-0.2, 0) is 14.8 Å². The summed E-state index contributed by atoms with van der Waals surface area (Å²) in [5.74, 6) is -0.435. The summed E-state index contributed by atoms with van der Waals surface area (Å²) in [5.41, 5.74) is 3.03. The van der Waals surface area contributed by atoms with Gasteiger partial charge in [-0.15, -0.1) is 0 Å². The molecule has 1 saturated heterocycles. The first-order valence-corrected chi connectivity index (χ1v) is 12.3. The van der Waals surface area contributed by atoms with Gasteiger partial charge in [-0.2, -0.15) is 0 Å². The van der Waals surface area contributed by atoms with Gasteiger partial charge in [-0.05, 0) is 61.5 Å². The van der Waals surface area contributed by atoms with Crippen LogP contribution in [0.2, 0.25) is 5.02 Å². The molecule has 0 radical (unpaired) electrons. The molecule has 7 nitrogen and oxygen atoms in total. The first-order chi connectivity index (χ1) is 15.8. The second-order valence-electron chi connectivity index (χ2n) is 7.71. The molecule has 1 amide bonds. The predicted molar refractivity (Wildman–Crippen MR) is 131 cm³/mol. The Labute approximate surface area is 198 Å².